The lowest BCUT2D eigenvalue weighted by atomic mass is 9.60. The molecule has 3 N–H and O–H groups in total. The first-order chi connectivity index (χ1) is 11.1. The molecule has 23 heavy (non-hydrogen) atoms. The molecule has 2 aromatic carbocycles. The second-order valence-electron chi connectivity index (χ2n) is 6.60. The van der Waals surface area contributed by atoms with Gasteiger partial charge in [0, 0.05) is 17.0 Å². The molecule has 0 bridgehead atoms. The third-order valence-electron chi connectivity index (χ3n) is 5.31. The van der Waals surface area contributed by atoms with E-state index in [1.54, 1.807) is 6.07 Å². The Kier molecular flexibility index (Phi) is 3.05. The molecule has 0 aliphatic heterocycles. The maximum atomic E-state index is 11.7. The van der Waals surface area contributed by atoms with Crippen LogP contribution >= 0.6 is 0 Å². The van der Waals surface area contributed by atoms with E-state index in [4.69, 9.17) is 5.73 Å². The van der Waals surface area contributed by atoms with Gasteiger partial charge < -0.3 is 10.7 Å². The first-order valence-electron chi connectivity index (χ1n) is 8.09. The van der Waals surface area contributed by atoms with Crippen molar-refractivity contribution in [1.29, 1.82) is 0 Å². The molecule has 3 aromatic rings. The van der Waals surface area contributed by atoms with Crippen LogP contribution in [0.1, 0.15) is 46.3 Å². The Balaban J connectivity index is 1.92. The average molecular weight is 304 g/mol. The fourth-order valence-electron chi connectivity index (χ4n) is 3.87. The summed E-state index contributed by atoms with van der Waals surface area (Å²) in [6.45, 7) is 2.11. The highest BCUT2D eigenvalue weighted by molar-refractivity contribution is 6.06. The van der Waals surface area contributed by atoms with Crippen molar-refractivity contribution >= 4 is 16.8 Å². The number of nitrogens with two attached hydrogens (primary N) is 1. The number of carbonyl (C=O) groups excluding carboxylic acids is 1. The lowest BCUT2D eigenvalue weighted by Crippen LogP contribution is -2.35. The van der Waals surface area contributed by atoms with Gasteiger partial charge in [-0.3, -0.25) is 4.79 Å². The van der Waals surface area contributed by atoms with E-state index in [9.17, 15) is 4.79 Å². The van der Waals surface area contributed by atoms with Gasteiger partial charge in [0.05, 0.1) is 11.1 Å². The summed E-state index contributed by atoms with van der Waals surface area (Å²) in [5.41, 5.74) is 10.9. The Hall–Kier alpha value is -2.55. The van der Waals surface area contributed by atoms with Crippen molar-refractivity contribution in [1.82, 2.24) is 4.98 Å². The van der Waals surface area contributed by atoms with Crippen LogP contribution in [-0.2, 0) is 5.41 Å². The average Bonchev–Trinajstić information content (AvgIpc) is 2.92. The molecule has 1 aromatic heterocycles. The molecule has 1 heterocycles. The zero-order valence-electron chi connectivity index (χ0n) is 13.2. The molecule has 1 aliphatic carbocycles. The number of para-hydroxylation sites is 1. The van der Waals surface area contributed by atoms with Crippen molar-refractivity contribution in [3.05, 3.63) is 70.9 Å². The SMILES string of the molecule is Cc1ccc(C2(c3c[nH]c4c(C(N)=O)cccc34)CCC2)cc1. The molecule has 0 atom stereocenters. The molecular formula is C20H20N2O. The number of nitrogens with one attached hydrogen (secondary N) is 1. The summed E-state index contributed by atoms with van der Waals surface area (Å²) in [6.07, 6.45) is 5.58. The molecule has 1 saturated carbocycles. The molecule has 3 heteroatoms. The Labute approximate surface area is 135 Å². The van der Waals surface area contributed by atoms with Crippen LogP contribution in [0.5, 0.6) is 0 Å². The highest BCUT2D eigenvalue weighted by Crippen LogP contribution is 2.51. The molecule has 1 fully saturated rings. The lowest BCUT2D eigenvalue weighted by Gasteiger charge is -2.42. The van der Waals surface area contributed by atoms with E-state index >= 15 is 0 Å². The van der Waals surface area contributed by atoms with Gasteiger partial charge in [-0.1, -0.05) is 48.4 Å². The predicted octanol–water partition coefficient (Wildman–Crippen LogP) is 4.05. The summed E-state index contributed by atoms with van der Waals surface area (Å²) in [5.74, 6) is -0.387. The molecule has 0 unspecified atom stereocenters. The lowest BCUT2D eigenvalue weighted by molar-refractivity contribution is 0.100. The number of fused-ring (bicyclic) bond motifs is 1. The zero-order valence-corrected chi connectivity index (χ0v) is 13.2. The van der Waals surface area contributed by atoms with E-state index in [0.717, 1.165) is 23.7 Å². The maximum absolute atomic E-state index is 11.7. The maximum Gasteiger partial charge on any atom is 0.250 e. The van der Waals surface area contributed by atoms with Gasteiger partial charge in [0.15, 0.2) is 0 Å². The normalized spacial score (nSPS) is 16.2. The molecule has 0 spiro atoms. The first-order valence-corrected chi connectivity index (χ1v) is 8.09. The molecule has 3 nitrogen and oxygen atoms in total. The van der Waals surface area contributed by atoms with Crippen LogP contribution in [0.25, 0.3) is 10.9 Å². The number of H-pyrrole nitrogens is 1. The van der Waals surface area contributed by atoms with Gasteiger partial charge in [0.2, 0.25) is 0 Å². The summed E-state index contributed by atoms with van der Waals surface area (Å²) in [6, 6.07) is 14.6. The highest BCUT2D eigenvalue weighted by atomic mass is 16.1. The van der Waals surface area contributed by atoms with E-state index in [1.807, 2.05) is 6.07 Å². The van der Waals surface area contributed by atoms with Crippen LogP contribution in [0.4, 0.5) is 0 Å². The topological polar surface area (TPSA) is 58.9 Å². The second-order valence-corrected chi connectivity index (χ2v) is 6.60. The minimum Gasteiger partial charge on any atom is -0.366 e. The largest absolute Gasteiger partial charge is 0.366 e. The minimum atomic E-state index is -0.387. The summed E-state index contributed by atoms with van der Waals surface area (Å²) >= 11 is 0. The minimum absolute atomic E-state index is 0.0578. The van der Waals surface area contributed by atoms with E-state index in [0.29, 0.717) is 5.56 Å². The monoisotopic (exact) mass is 304 g/mol. The standard InChI is InChI=1S/C20H20N2O/c1-13-6-8-14(9-7-13)20(10-3-11-20)17-12-22-18-15(17)4-2-5-16(18)19(21)23/h2,4-9,12,22H,3,10-11H2,1H3,(H2,21,23). The van der Waals surface area contributed by atoms with Crippen molar-refractivity contribution < 1.29 is 4.79 Å². The number of hydrogen-bond acceptors (Lipinski definition) is 1. The van der Waals surface area contributed by atoms with E-state index < -0.39 is 0 Å². The Morgan fingerprint density at radius 3 is 2.48 bits per heavy atom. The van der Waals surface area contributed by atoms with Gasteiger partial charge in [-0.2, -0.15) is 0 Å². The van der Waals surface area contributed by atoms with Gasteiger partial charge in [-0.05, 0) is 37.0 Å². The number of rotatable bonds is 3. The highest BCUT2D eigenvalue weighted by Gasteiger charge is 2.41. The van der Waals surface area contributed by atoms with Gasteiger partial charge >= 0.3 is 0 Å². The quantitative estimate of drug-likeness (QED) is 0.753. The van der Waals surface area contributed by atoms with Crippen LogP contribution in [-0.4, -0.2) is 10.9 Å². The number of carbonyl (C=O) groups is 1. The molecule has 0 radical (unpaired) electrons. The van der Waals surface area contributed by atoms with Gasteiger partial charge in [0.25, 0.3) is 5.91 Å². The third-order valence-corrected chi connectivity index (χ3v) is 5.31. The van der Waals surface area contributed by atoms with Crippen molar-refractivity contribution in [3.8, 4) is 0 Å². The van der Waals surface area contributed by atoms with Crippen LogP contribution < -0.4 is 5.73 Å². The summed E-state index contributed by atoms with van der Waals surface area (Å²) in [4.78, 5) is 15.0. The molecule has 1 aliphatic rings. The number of amides is 1. The van der Waals surface area contributed by atoms with Crippen molar-refractivity contribution in [2.24, 2.45) is 5.73 Å². The zero-order chi connectivity index (χ0) is 16.0. The first kappa shape index (κ1) is 14.1. The van der Waals surface area contributed by atoms with Gasteiger partial charge in [-0.15, -0.1) is 0 Å². The molecular weight excluding hydrogens is 284 g/mol. The summed E-state index contributed by atoms with van der Waals surface area (Å²) in [5, 5.41) is 1.11. The predicted molar refractivity (Wildman–Crippen MR) is 92.6 cm³/mol. The van der Waals surface area contributed by atoms with E-state index in [-0.39, 0.29) is 11.3 Å². The van der Waals surface area contributed by atoms with Crippen LogP contribution in [0.15, 0.2) is 48.7 Å². The van der Waals surface area contributed by atoms with Crippen LogP contribution in [0.2, 0.25) is 0 Å². The fourth-order valence-corrected chi connectivity index (χ4v) is 3.87. The number of benzene rings is 2. The van der Waals surface area contributed by atoms with Crippen LogP contribution in [0, 0.1) is 6.92 Å². The Morgan fingerprint density at radius 2 is 1.87 bits per heavy atom. The van der Waals surface area contributed by atoms with E-state index in [1.165, 1.54) is 23.1 Å². The van der Waals surface area contributed by atoms with Crippen molar-refractivity contribution in [3.63, 3.8) is 0 Å². The van der Waals surface area contributed by atoms with E-state index in [2.05, 4.69) is 48.4 Å². The third kappa shape index (κ3) is 2.00. The summed E-state index contributed by atoms with van der Waals surface area (Å²) in [7, 11) is 0. The number of aromatic amines is 1. The second kappa shape index (κ2) is 4.98. The van der Waals surface area contributed by atoms with Gasteiger partial charge in [0.1, 0.15) is 0 Å². The number of hydrogen-bond donors (Lipinski definition) is 2. The molecule has 1 amide bonds. The number of aryl methyl sites for hydroxylation is 1. The van der Waals surface area contributed by atoms with Crippen molar-refractivity contribution in [2.45, 2.75) is 31.6 Å². The van der Waals surface area contributed by atoms with Gasteiger partial charge in [-0.25, -0.2) is 0 Å². The number of primary amides is 1. The molecule has 0 saturated heterocycles. The summed E-state index contributed by atoms with van der Waals surface area (Å²) < 4.78 is 0. The Morgan fingerprint density at radius 1 is 1.13 bits per heavy atom. The van der Waals surface area contributed by atoms with Crippen LogP contribution in [0.3, 0.4) is 0 Å². The molecule has 116 valence electrons. The Bertz CT molecular complexity index is 886. The number of aromatic nitrogens is 1. The fraction of sp³-hybridized carbons (Fsp3) is 0.250. The smallest absolute Gasteiger partial charge is 0.250 e. The van der Waals surface area contributed by atoms with Crippen molar-refractivity contribution in [2.75, 3.05) is 0 Å². The molecule has 4 rings (SSSR count).